The lowest BCUT2D eigenvalue weighted by atomic mass is 10.1. The Morgan fingerprint density at radius 2 is 1.53 bits per heavy atom. The SMILES string of the molecule is COC(=O)c1ccc(C=NNC(=O)c2ccc(COc3ccc(C)cc3)cc2)cc1. The number of benzene rings is 3. The molecule has 6 nitrogen and oxygen atoms in total. The largest absolute Gasteiger partial charge is 0.489 e. The molecule has 0 unspecified atom stereocenters. The number of methoxy groups -OCH3 is 1. The Hall–Kier alpha value is -3.93. The van der Waals surface area contributed by atoms with E-state index in [1.807, 2.05) is 43.3 Å². The third-order valence-electron chi connectivity index (χ3n) is 4.35. The fraction of sp³-hybridized carbons (Fsp3) is 0.125. The Kier molecular flexibility index (Phi) is 6.95. The van der Waals surface area contributed by atoms with Gasteiger partial charge in [0.05, 0.1) is 18.9 Å². The van der Waals surface area contributed by atoms with Crippen molar-refractivity contribution in [2.45, 2.75) is 13.5 Å². The second kappa shape index (κ2) is 10.0. The van der Waals surface area contributed by atoms with E-state index >= 15 is 0 Å². The predicted molar refractivity (Wildman–Crippen MR) is 115 cm³/mol. The number of nitrogens with one attached hydrogen (secondary N) is 1. The van der Waals surface area contributed by atoms with Crippen LogP contribution in [-0.4, -0.2) is 25.2 Å². The Labute approximate surface area is 175 Å². The summed E-state index contributed by atoms with van der Waals surface area (Å²) < 4.78 is 10.4. The smallest absolute Gasteiger partial charge is 0.337 e. The summed E-state index contributed by atoms with van der Waals surface area (Å²) in [6.07, 6.45) is 1.50. The Morgan fingerprint density at radius 3 is 2.17 bits per heavy atom. The zero-order valence-electron chi connectivity index (χ0n) is 16.8. The van der Waals surface area contributed by atoms with E-state index in [0.717, 1.165) is 16.9 Å². The second-order valence-electron chi connectivity index (χ2n) is 6.61. The number of hydrogen-bond donors (Lipinski definition) is 1. The number of carbonyl (C=O) groups excluding carboxylic acids is 2. The van der Waals surface area contributed by atoms with Crippen LogP contribution in [0.5, 0.6) is 5.75 Å². The summed E-state index contributed by atoms with van der Waals surface area (Å²) in [6, 6.07) is 21.7. The molecule has 0 bridgehead atoms. The molecule has 30 heavy (non-hydrogen) atoms. The van der Waals surface area contributed by atoms with Crippen molar-refractivity contribution in [2.75, 3.05) is 7.11 Å². The van der Waals surface area contributed by atoms with Crippen molar-refractivity contribution in [3.63, 3.8) is 0 Å². The van der Waals surface area contributed by atoms with E-state index in [2.05, 4.69) is 15.3 Å². The molecule has 0 atom stereocenters. The number of aryl methyl sites for hydroxylation is 1. The van der Waals surface area contributed by atoms with Gasteiger partial charge in [0, 0.05) is 5.56 Å². The van der Waals surface area contributed by atoms with Gasteiger partial charge in [-0.25, -0.2) is 10.2 Å². The normalized spacial score (nSPS) is 10.6. The molecule has 0 aliphatic carbocycles. The number of amides is 1. The topological polar surface area (TPSA) is 77.0 Å². The molecule has 6 heteroatoms. The molecule has 0 aromatic heterocycles. The number of carbonyl (C=O) groups is 2. The number of nitrogens with zero attached hydrogens (tertiary/aromatic N) is 1. The molecule has 0 radical (unpaired) electrons. The monoisotopic (exact) mass is 402 g/mol. The highest BCUT2D eigenvalue weighted by Gasteiger charge is 2.05. The highest BCUT2D eigenvalue weighted by Crippen LogP contribution is 2.14. The van der Waals surface area contributed by atoms with Crippen LogP contribution in [0, 0.1) is 6.92 Å². The molecule has 1 N–H and O–H groups in total. The maximum atomic E-state index is 12.2. The van der Waals surface area contributed by atoms with Gasteiger partial charge in [0.15, 0.2) is 0 Å². The molecule has 1 amide bonds. The Balaban J connectivity index is 1.51. The minimum atomic E-state index is -0.403. The van der Waals surface area contributed by atoms with Crippen LogP contribution in [0.3, 0.4) is 0 Å². The average Bonchev–Trinajstić information content (AvgIpc) is 2.79. The van der Waals surface area contributed by atoms with Gasteiger partial charge in [0.1, 0.15) is 12.4 Å². The molecule has 152 valence electrons. The summed E-state index contributed by atoms with van der Waals surface area (Å²) in [6.45, 7) is 2.45. The zero-order valence-corrected chi connectivity index (χ0v) is 16.8. The van der Waals surface area contributed by atoms with Gasteiger partial charge in [0.25, 0.3) is 5.91 Å². The van der Waals surface area contributed by atoms with Gasteiger partial charge in [-0.05, 0) is 54.4 Å². The van der Waals surface area contributed by atoms with Crippen molar-refractivity contribution in [1.29, 1.82) is 0 Å². The lowest BCUT2D eigenvalue weighted by Gasteiger charge is -2.07. The zero-order chi connectivity index (χ0) is 21.3. The molecule has 0 aliphatic rings. The number of ether oxygens (including phenoxy) is 2. The second-order valence-corrected chi connectivity index (χ2v) is 6.61. The van der Waals surface area contributed by atoms with Crippen LogP contribution in [0.25, 0.3) is 0 Å². The van der Waals surface area contributed by atoms with Crippen molar-refractivity contribution in [3.05, 3.63) is 101 Å². The van der Waals surface area contributed by atoms with Crippen molar-refractivity contribution in [1.82, 2.24) is 5.43 Å². The van der Waals surface area contributed by atoms with Crippen LogP contribution in [0.2, 0.25) is 0 Å². The number of rotatable bonds is 7. The first-order chi connectivity index (χ1) is 14.5. The molecule has 3 aromatic carbocycles. The lowest BCUT2D eigenvalue weighted by Crippen LogP contribution is -2.17. The highest BCUT2D eigenvalue weighted by atomic mass is 16.5. The summed E-state index contributed by atoms with van der Waals surface area (Å²) in [5, 5.41) is 3.95. The average molecular weight is 402 g/mol. The predicted octanol–water partition coefficient (Wildman–Crippen LogP) is 4.12. The van der Waals surface area contributed by atoms with Gasteiger partial charge in [-0.1, -0.05) is 42.0 Å². The number of hydrogen-bond acceptors (Lipinski definition) is 5. The van der Waals surface area contributed by atoms with E-state index in [1.54, 1.807) is 36.4 Å². The quantitative estimate of drug-likeness (QED) is 0.366. The molecule has 0 saturated heterocycles. The fourth-order valence-electron chi connectivity index (χ4n) is 2.61. The summed E-state index contributed by atoms with van der Waals surface area (Å²) in [5.41, 5.74) is 6.31. The highest BCUT2D eigenvalue weighted by molar-refractivity contribution is 5.95. The fourth-order valence-corrected chi connectivity index (χ4v) is 2.61. The first-order valence-electron chi connectivity index (χ1n) is 9.35. The minimum absolute atomic E-state index is 0.316. The number of hydrazone groups is 1. The van der Waals surface area contributed by atoms with E-state index < -0.39 is 5.97 Å². The molecule has 0 fully saturated rings. The third kappa shape index (κ3) is 5.78. The Bertz CT molecular complexity index is 1020. The molecule has 3 rings (SSSR count). The van der Waals surface area contributed by atoms with E-state index in [4.69, 9.17) is 4.74 Å². The van der Waals surface area contributed by atoms with Gasteiger partial charge < -0.3 is 9.47 Å². The van der Waals surface area contributed by atoms with Gasteiger partial charge in [-0.2, -0.15) is 5.10 Å². The van der Waals surface area contributed by atoms with Crippen LogP contribution in [0.15, 0.2) is 77.9 Å². The minimum Gasteiger partial charge on any atom is -0.489 e. The maximum absolute atomic E-state index is 12.2. The van der Waals surface area contributed by atoms with Gasteiger partial charge >= 0.3 is 5.97 Å². The van der Waals surface area contributed by atoms with Gasteiger partial charge in [0.2, 0.25) is 0 Å². The summed E-state index contributed by atoms with van der Waals surface area (Å²) >= 11 is 0. The van der Waals surface area contributed by atoms with Crippen molar-refractivity contribution < 1.29 is 19.1 Å². The molecular formula is C24H22N2O4. The van der Waals surface area contributed by atoms with Crippen LogP contribution in [0.4, 0.5) is 0 Å². The summed E-state index contributed by atoms with van der Waals surface area (Å²) in [4.78, 5) is 23.6. The molecule has 3 aromatic rings. The Morgan fingerprint density at radius 1 is 0.900 bits per heavy atom. The molecular weight excluding hydrogens is 380 g/mol. The molecule has 0 spiro atoms. The van der Waals surface area contributed by atoms with Crippen LogP contribution in [-0.2, 0) is 11.3 Å². The third-order valence-corrected chi connectivity index (χ3v) is 4.35. The van der Waals surface area contributed by atoms with Crippen LogP contribution < -0.4 is 10.2 Å². The standard InChI is InChI=1S/C24H22N2O4/c1-17-3-13-22(14-4-17)30-16-19-7-9-20(10-8-19)23(27)26-25-15-18-5-11-21(12-6-18)24(28)29-2/h3-15H,16H2,1-2H3,(H,26,27). The molecule has 0 aliphatic heterocycles. The van der Waals surface area contributed by atoms with Crippen molar-refractivity contribution >= 4 is 18.1 Å². The summed E-state index contributed by atoms with van der Waals surface area (Å²) in [7, 11) is 1.33. The van der Waals surface area contributed by atoms with E-state index in [-0.39, 0.29) is 5.91 Å². The molecule has 0 saturated carbocycles. The van der Waals surface area contributed by atoms with E-state index in [1.165, 1.54) is 18.9 Å². The lowest BCUT2D eigenvalue weighted by molar-refractivity contribution is 0.0600. The van der Waals surface area contributed by atoms with E-state index in [0.29, 0.717) is 17.7 Å². The summed E-state index contributed by atoms with van der Waals surface area (Å²) in [5.74, 6) is 0.0827. The first kappa shape index (κ1) is 20.8. The van der Waals surface area contributed by atoms with Crippen molar-refractivity contribution in [2.24, 2.45) is 5.10 Å². The maximum Gasteiger partial charge on any atom is 0.337 e. The van der Waals surface area contributed by atoms with Crippen LogP contribution in [0.1, 0.15) is 37.4 Å². The van der Waals surface area contributed by atoms with Crippen LogP contribution >= 0.6 is 0 Å². The van der Waals surface area contributed by atoms with Crippen molar-refractivity contribution in [3.8, 4) is 5.75 Å². The van der Waals surface area contributed by atoms with E-state index in [9.17, 15) is 9.59 Å². The first-order valence-corrected chi connectivity index (χ1v) is 9.35. The molecule has 0 heterocycles. The van der Waals surface area contributed by atoms with Gasteiger partial charge in [-0.15, -0.1) is 0 Å². The van der Waals surface area contributed by atoms with Gasteiger partial charge in [-0.3, -0.25) is 4.79 Å². The number of esters is 1.